The highest BCUT2D eigenvalue weighted by molar-refractivity contribution is 5.85. The third kappa shape index (κ3) is 3.02. The van der Waals surface area contributed by atoms with Crippen molar-refractivity contribution < 1.29 is 4.79 Å². The Morgan fingerprint density at radius 3 is 2.54 bits per heavy atom. The van der Waals surface area contributed by atoms with Crippen molar-refractivity contribution in [3.63, 3.8) is 0 Å². The second-order valence-corrected chi connectivity index (χ2v) is 6.50. The molecule has 0 bridgehead atoms. The van der Waals surface area contributed by atoms with Gasteiger partial charge in [0.25, 0.3) is 0 Å². The molecule has 0 saturated carbocycles. The van der Waals surface area contributed by atoms with Crippen LogP contribution in [0.25, 0.3) is 5.57 Å². The summed E-state index contributed by atoms with van der Waals surface area (Å²) in [4.78, 5) is 15.8. The highest BCUT2D eigenvalue weighted by atomic mass is 16.1. The summed E-state index contributed by atoms with van der Waals surface area (Å²) >= 11 is 0. The predicted octanol–water partition coefficient (Wildman–Crippen LogP) is 2.54. The molecule has 2 aliphatic heterocycles. The second kappa shape index (κ2) is 7.05. The van der Waals surface area contributed by atoms with Crippen LogP contribution in [0.3, 0.4) is 0 Å². The quantitative estimate of drug-likeness (QED) is 0.671. The molecule has 1 saturated heterocycles. The van der Waals surface area contributed by atoms with Gasteiger partial charge in [-0.3, -0.25) is 4.79 Å². The van der Waals surface area contributed by atoms with E-state index in [-0.39, 0.29) is 0 Å². The number of carbonyl (C=O) groups is 1. The van der Waals surface area contributed by atoms with E-state index in [4.69, 9.17) is 5.73 Å². The van der Waals surface area contributed by atoms with Gasteiger partial charge in [0.05, 0.1) is 5.70 Å². The van der Waals surface area contributed by atoms with E-state index in [1.165, 1.54) is 28.5 Å². The molecular formula is C20H25N3O. The van der Waals surface area contributed by atoms with Gasteiger partial charge in [0.1, 0.15) is 0 Å². The van der Waals surface area contributed by atoms with Crippen molar-refractivity contribution in [2.75, 3.05) is 26.7 Å². The molecule has 2 heterocycles. The van der Waals surface area contributed by atoms with E-state index < -0.39 is 0 Å². The van der Waals surface area contributed by atoms with Gasteiger partial charge < -0.3 is 15.5 Å². The van der Waals surface area contributed by atoms with Crippen molar-refractivity contribution in [2.24, 2.45) is 5.73 Å². The molecule has 1 aromatic carbocycles. The van der Waals surface area contributed by atoms with Crippen LogP contribution in [0.15, 0.2) is 54.0 Å². The minimum Gasteiger partial charge on any atom is -0.403 e. The lowest BCUT2D eigenvalue weighted by Crippen LogP contribution is -2.28. The molecule has 4 heteroatoms. The Balaban J connectivity index is 2.12. The van der Waals surface area contributed by atoms with Gasteiger partial charge >= 0.3 is 0 Å². The fourth-order valence-corrected chi connectivity index (χ4v) is 3.65. The molecular weight excluding hydrogens is 298 g/mol. The van der Waals surface area contributed by atoms with Crippen LogP contribution >= 0.6 is 0 Å². The number of nitrogens with zero attached hydrogens (tertiary/aromatic N) is 2. The minimum absolute atomic E-state index is 0.485. The molecule has 1 fully saturated rings. The second-order valence-electron chi connectivity index (χ2n) is 6.50. The van der Waals surface area contributed by atoms with E-state index in [0.29, 0.717) is 12.2 Å². The van der Waals surface area contributed by atoms with Crippen LogP contribution in [0, 0.1) is 0 Å². The van der Waals surface area contributed by atoms with Gasteiger partial charge in [-0.2, -0.15) is 0 Å². The van der Waals surface area contributed by atoms with Gasteiger partial charge in [0.2, 0.25) is 0 Å². The van der Waals surface area contributed by atoms with Crippen LogP contribution in [0.4, 0.5) is 0 Å². The number of nitrogens with two attached hydrogens (primary N) is 1. The number of hydrogen-bond donors (Lipinski definition) is 1. The zero-order chi connectivity index (χ0) is 17.1. The van der Waals surface area contributed by atoms with Crippen LogP contribution in [0.5, 0.6) is 0 Å². The number of likely N-dealkylation sites (tertiary alicyclic amines) is 1. The van der Waals surface area contributed by atoms with Gasteiger partial charge in [-0.05, 0) is 37.4 Å². The number of benzene rings is 1. The molecule has 0 unspecified atom stereocenters. The van der Waals surface area contributed by atoms with Gasteiger partial charge in [0.15, 0.2) is 6.29 Å². The Morgan fingerprint density at radius 2 is 1.88 bits per heavy atom. The number of hydrogen-bond acceptors (Lipinski definition) is 4. The van der Waals surface area contributed by atoms with Gasteiger partial charge in [0, 0.05) is 37.1 Å². The lowest BCUT2D eigenvalue weighted by molar-refractivity contribution is -0.106. The standard InChI is InChI=1S/C20H25N3O/c1-15-20(17-7-10-22(2)11-8-17)19-6-4-3-5-16(19)9-12-23(15)18(13-21)14-24/h3-6,13-14H,1,7-12,21H2,2H3/b18-13-. The number of piperidine rings is 1. The third-order valence-electron chi connectivity index (χ3n) is 5.05. The summed E-state index contributed by atoms with van der Waals surface area (Å²) in [5.74, 6) is 0. The number of carbonyl (C=O) groups excluding carboxylic acids is 1. The molecule has 24 heavy (non-hydrogen) atoms. The SMILES string of the molecule is C=C1C(=C2CCN(C)CC2)c2ccccc2CCN1/C(C=O)=C\N. The topological polar surface area (TPSA) is 49.6 Å². The van der Waals surface area contributed by atoms with Gasteiger partial charge in [-0.15, -0.1) is 0 Å². The van der Waals surface area contributed by atoms with Crippen molar-refractivity contribution in [2.45, 2.75) is 19.3 Å². The summed E-state index contributed by atoms with van der Waals surface area (Å²) in [7, 11) is 2.16. The molecule has 0 aromatic heterocycles. The van der Waals surface area contributed by atoms with E-state index in [9.17, 15) is 4.79 Å². The van der Waals surface area contributed by atoms with Crippen molar-refractivity contribution in [1.29, 1.82) is 0 Å². The first-order valence-corrected chi connectivity index (χ1v) is 8.48. The monoisotopic (exact) mass is 323 g/mol. The molecule has 126 valence electrons. The largest absolute Gasteiger partial charge is 0.403 e. The summed E-state index contributed by atoms with van der Waals surface area (Å²) < 4.78 is 0. The number of rotatable bonds is 2. The first-order chi connectivity index (χ1) is 11.7. The molecule has 3 rings (SSSR count). The van der Waals surface area contributed by atoms with Crippen LogP contribution in [0.2, 0.25) is 0 Å². The Hall–Kier alpha value is -2.33. The number of allylic oxidation sites excluding steroid dienone is 2. The summed E-state index contributed by atoms with van der Waals surface area (Å²) in [5, 5.41) is 0. The number of aldehydes is 1. The Labute approximate surface area is 143 Å². The molecule has 0 spiro atoms. The van der Waals surface area contributed by atoms with E-state index in [0.717, 1.165) is 44.3 Å². The third-order valence-corrected chi connectivity index (χ3v) is 5.05. The normalized spacial score (nSPS) is 20.0. The van der Waals surface area contributed by atoms with Crippen LogP contribution in [0.1, 0.15) is 24.0 Å². The van der Waals surface area contributed by atoms with Crippen molar-refractivity contribution >= 4 is 11.9 Å². The highest BCUT2D eigenvalue weighted by Crippen LogP contribution is 2.38. The maximum atomic E-state index is 11.4. The van der Waals surface area contributed by atoms with E-state index in [1.54, 1.807) is 0 Å². The maximum Gasteiger partial charge on any atom is 0.167 e. The molecule has 0 radical (unpaired) electrons. The lowest BCUT2D eigenvalue weighted by Gasteiger charge is -2.30. The van der Waals surface area contributed by atoms with E-state index in [2.05, 4.69) is 42.8 Å². The summed E-state index contributed by atoms with van der Waals surface area (Å²) in [5.41, 5.74) is 12.3. The molecule has 2 aliphatic rings. The lowest BCUT2D eigenvalue weighted by atomic mass is 9.89. The minimum atomic E-state index is 0.485. The first kappa shape index (κ1) is 16.5. The van der Waals surface area contributed by atoms with Crippen LogP contribution in [-0.2, 0) is 11.2 Å². The van der Waals surface area contributed by atoms with Gasteiger partial charge in [-0.25, -0.2) is 0 Å². The van der Waals surface area contributed by atoms with Crippen molar-refractivity contribution in [3.05, 3.63) is 65.1 Å². The maximum absolute atomic E-state index is 11.4. The average molecular weight is 323 g/mol. The zero-order valence-corrected chi connectivity index (χ0v) is 14.3. The molecule has 0 atom stereocenters. The predicted molar refractivity (Wildman–Crippen MR) is 98.0 cm³/mol. The van der Waals surface area contributed by atoms with Crippen molar-refractivity contribution in [3.8, 4) is 0 Å². The molecule has 4 nitrogen and oxygen atoms in total. The van der Waals surface area contributed by atoms with Crippen LogP contribution < -0.4 is 5.73 Å². The molecule has 1 aromatic rings. The Kier molecular flexibility index (Phi) is 4.86. The smallest absolute Gasteiger partial charge is 0.167 e. The number of fused-ring (bicyclic) bond motifs is 1. The first-order valence-electron chi connectivity index (χ1n) is 8.48. The zero-order valence-electron chi connectivity index (χ0n) is 14.3. The fraction of sp³-hybridized carbons (Fsp3) is 0.350. The summed E-state index contributed by atoms with van der Waals surface area (Å²) in [6.45, 7) is 7.18. The van der Waals surface area contributed by atoms with Crippen LogP contribution in [-0.4, -0.2) is 42.8 Å². The Morgan fingerprint density at radius 1 is 1.17 bits per heavy atom. The highest BCUT2D eigenvalue weighted by Gasteiger charge is 2.26. The van der Waals surface area contributed by atoms with Crippen molar-refractivity contribution in [1.82, 2.24) is 9.80 Å². The van der Waals surface area contributed by atoms with E-state index in [1.807, 2.05) is 4.90 Å². The van der Waals surface area contributed by atoms with E-state index >= 15 is 0 Å². The average Bonchev–Trinajstić information content (AvgIpc) is 2.74. The summed E-state index contributed by atoms with van der Waals surface area (Å²) in [6, 6.07) is 8.51. The van der Waals surface area contributed by atoms with Gasteiger partial charge in [-0.1, -0.05) is 36.4 Å². The Bertz CT molecular complexity index is 707. The summed E-state index contributed by atoms with van der Waals surface area (Å²) in [6.07, 6.45) is 5.14. The molecule has 0 amide bonds. The molecule has 2 N–H and O–H groups in total. The molecule has 0 aliphatic carbocycles. The fourth-order valence-electron chi connectivity index (χ4n) is 3.65.